The molecule has 7 heterocycles. The molecule has 22 atom stereocenters. The third-order valence-electron chi connectivity index (χ3n) is 23.9. The van der Waals surface area contributed by atoms with Crippen molar-refractivity contribution in [2.75, 3.05) is 26.3 Å². The largest absolute Gasteiger partial charge is 0.508 e. The molecule has 7 aromatic rings. The average molecular weight is 1880 g/mol. The molecule has 7 amide bonds. The summed E-state index contributed by atoms with van der Waals surface area (Å²) in [6.07, 6.45) is -29.4. The molecular weight excluding hydrogens is 1780 g/mol. The van der Waals surface area contributed by atoms with Gasteiger partial charge in [0.15, 0.2) is 41.6 Å². The fourth-order valence-corrected chi connectivity index (χ4v) is 17.1. The van der Waals surface area contributed by atoms with Crippen molar-refractivity contribution in [1.82, 2.24) is 37.2 Å². The Hall–Kier alpha value is -10.8. The summed E-state index contributed by atoms with van der Waals surface area (Å²) in [5, 5.41) is 176. The van der Waals surface area contributed by atoms with Crippen LogP contribution in [0.15, 0.2) is 127 Å². The molecule has 7 aromatic carbocycles. The molecule has 7 aliphatic heterocycles. The lowest BCUT2D eigenvalue weighted by atomic mass is 9.84. The highest BCUT2D eigenvalue weighted by molar-refractivity contribution is 6.32. The van der Waals surface area contributed by atoms with Crippen molar-refractivity contribution in [3.63, 3.8) is 0 Å². The lowest BCUT2D eigenvalue weighted by molar-refractivity contribution is -0.334. The van der Waals surface area contributed by atoms with Crippen molar-refractivity contribution in [2.24, 2.45) is 23.5 Å². The first-order valence-corrected chi connectivity index (χ1v) is 43.5. The average Bonchev–Trinajstić information content (AvgIpc) is 0.770. The number of aliphatic hydroxyl groups is 11. The summed E-state index contributed by atoms with van der Waals surface area (Å²) in [6, 6.07) is 20.4. The SMILES string of the molecule is CC[C@H](CC(C)C)C(=O)N[C@H]1C(=O)C[C@@H](CC(N)=O)C(=O)N[C@H]2C(=O)C[C@@H]3C(=O)N[C@H](C(=O)N[C@H](C(=O)NCCCNC(=O)[C@H](O)[C@@H](O)[C@H](O)[C@H](O)CO)c4cc(O)cc(O)c4-c4cc3ccc4O)[C@H](O)c3ccc(c(Cl)c3)Oc3cc2cc(c3OC2O[C@H](CO)C(O)C(O)[C@H]2O[C@H]2CC(C)(NCc3ccc(-c4ccc(Cl)cc4)cc3)[C@H](O)C(C)O2)Oc2ccc(cc2Cl)[C@H]1O. The molecule has 0 radical (unpaired) electrons. The molecule has 0 saturated carbocycles. The number of hydrogen-bond donors (Lipinski definition) is 22. The third kappa shape index (κ3) is 22.9. The number of carbonyl (C=O) groups is 9. The number of carbonyl (C=O) groups excluding carboxylic acids is 9. The molecule has 704 valence electrons. The number of aliphatic hydroxyl groups excluding tert-OH is 11. The number of benzene rings is 7. The fourth-order valence-electron chi connectivity index (χ4n) is 16.5. The zero-order valence-electron chi connectivity index (χ0n) is 71.4. The monoisotopic (exact) mass is 1880 g/mol. The maximum absolute atomic E-state index is 16.6. The summed E-state index contributed by atoms with van der Waals surface area (Å²) in [6.45, 7) is 6.09. The first-order chi connectivity index (χ1) is 62.2. The van der Waals surface area contributed by atoms with E-state index in [4.69, 9.17) is 69.0 Å². The Morgan fingerprint density at radius 1 is 0.656 bits per heavy atom. The van der Waals surface area contributed by atoms with Crippen LogP contribution in [0.1, 0.15) is 143 Å². The van der Waals surface area contributed by atoms with E-state index in [1.54, 1.807) is 32.9 Å². The lowest BCUT2D eigenvalue weighted by Crippen LogP contribution is -2.65. The van der Waals surface area contributed by atoms with E-state index in [9.17, 15) is 90.7 Å². The van der Waals surface area contributed by atoms with Crippen molar-refractivity contribution in [1.29, 1.82) is 0 Å². The van der Waals surface area contributed by atoms with E-state index in [-0.39, 0.29) is 65.7 Å². The Morgan fingerprint density at radius 2 is 1.28 bits per heavy atom. The number of primary amides is 1. The van der Waals surface area contributed by atoms with Gasteiger partial charge in [-0.3, -0.25) is 43.2 Å². The molecule has 7 aliphatic rings. The van der Waals surface area contributed by atoms with Crippen molar-refractivity contribution in [2.45, 2.75) is 208 Å². The van der Waals surface area contributed by atoms with Gasteiger partial charge in [-0.1, -0.05) is 110 Å². The number of ketones is 2. The second kappa shape index (κ2) is 42.9. The first kappa shape index (κ1) is 99.3. The van der Waals surface area contributed by atoms with E-state index in [0.29, 0.717) is 11.4 Å². The summed E-state index contributed by atoms with van der Waals surface area (Å²) in [5.41, 5.74) is 4.67. The quantitative estimate of drug-likeness (QED) is 0.0344. The second-order valence-corrected chi connectivity index (χ2v) is 35.1. The molecule has 0 aliphatic carbocycles. The summed E-state index contributed by atoms with van der Waals surface area (Å²) < 4.78 is 39.8. The molecule has 37 nitrogen and oxygen atoms in total. The summed E-state index contributed by atoms with van der Waals surface area (Å²) >= 11 is 20.6. The number of rotatable bonds is 26. The molecular formula is C91H105Cl3N8O29. The van der Waals surface area contributed by atoms with Crippen LogP contribution in [0.2, 0.25) is 15.1 Å². The van der Waals surface area contributed by atoms with Gasteiger partial charge in [-0.05, 0) is 150 Å². The molecule has 23 N–H and O–H groups in total. The van der Waals surface area contributed by atoms with Crippen LogP contribution in [0.25, 0.3) is 22.3 Å². The molecule has 2 saturated heterocycles. The predicted molar refractivity (Wildman–Crippen MR) is 467 cm³/mol. The Balaban J connectivity index is 1.00. The van der Waals surface area contributed by atoms with E-state index < -0.39 is 293 Å². The molecule has 2 fully saturated rings. The number of Topliss-reactive ketones (excluding diaryl/α,β-unsaturated/α-hetero) is 2. The molecule has 5 unspecified atom stereocenters. The topological polar surface area (TPSA) is 602 Å². The summed E-state index contributed by atoms with van der Waals surface area (Å²) in [7, 11) is 0. The van der Waals surface area contributed by atoms with Crippen molar-refractivity contribution >= 4 is 87.7 Å². The maximum Gasteiger partial charge on any atom is 0.251 e. The normalized spacial score (nSPS) is 26.4. The number of fused-ring (bicyclic) bond motifs is 15. The van der Waals surface area contributed by atoms with Crippen LogP contribution in [0.4, 0.5) is 0 Å². The molecule has 14 rings (SSSR count). The van der Waals surface area contributed by atoms with Gasteiger partial charge in [0.25, 0.3) is 5.91 Å². The van der Waals surface area contributed by atoms with Gasteiger partial charge in [-0.15, -0.1) is 0 Å². The van der Waals surface area contributed by atoms with Crippen molar-refractivity contribution in [3.8, 4) is 68.2 Å². The minimum absolute atomic E-state index is 0.0492. The molecule has 11 bridgehead atoms. The Labute approximate surface area is 765 Å². The van der Waals surface area contributed by atoms with Crippen LogP contribution in [0, 0.1) is 17.8 Å². The Kier molecular flexibility index (Phi) is 32.5. The minimum Gasteiger partial charge on any atom is -0.508 e. The molecule has 0 spiro atoms. The summed E-state index contributed by atoms with van der Waals surface area (Å²) in [5.74, 6) is -20.3. The Bertz CT molecular complexity index is 5370. The van der Waals surface area contributed by atoms with Crippen LogP contribution in [-0.4, -0.2) is 242 Å². The van der Waals surface area contributed by atoms with E-state index in [2.05, 4.69) is 37.2 Å². The van der Waals surface area contributed by atoms with Gasteiger partial charge in [0.2, 0.25) is 47.5 Å². The minimum atomic E-state index is -2.34. The number of phenolic OH excluding ortho intramolecular Hbond substituents is 3. The van der Waals surface area contributed by atoms with Gasteiger partial charge in [-0.2, -0.15) is 0 Å². The number of aromatic hydroxyl groups is 3. The number of amides is 7. The number of phenols is 3. The molecule has 131 heavy (non-hydrogen) atoms. The Morgan fingerprint density at radius 3 is 1.89 bits per heavy atom. The maximum atomic E-state index is 16.6. The van der Waals surface area contributed by atoms with Gasteiger partial charge >= 0.3 is 0 Å². The first-order valence-electron chi connectivity index (χ1n) is 42.4. The standard InChI is InChI=1S/C91H105Cl3N8O29/c1-6-42(24-39(2)3)84(120)101-72-59(108)28-49(31-67(95)111)85(121)99-70-48-29-64(127-62-20-15-46(74(72)112)26-55(62)93)81(131-90-82(79(117)77(115)66(38-104)129-90)130-68-35-91(5,83(119)40(4)126-68)98-36-41-8-10-43(11-9-41)44-12-17-50(92)18-13-44)65(30-48)128-63-21-16-47(27-56(63)94)75(113)73-88(124)100-71(87(123)96-22-7-23-97-89(125)80(118)78(116)76(114)61(110)37-103)54-32-51(105)33-58(107)69(54)53-25-45(14-19-57(53)106)52(34-60(70)109)86(122)102-73/h8-21,25-27,29-30,32-33,39-40,42,49,52,61,66,68,70-80,82-83,90,98,103-107,110,112-119H,6-7,22-24,28,31,34-38H2,1-5H3,(H2,95,111)(H,96,123)(H,97,125)(H,99,121)(H,100,124)(H,101,120)(H,102,122)/t40?,42-,49+,52+,61-,66-,68+,70-,71+,72+,73+,74-,75-,76-,77?,78+,79?,80-,82-,83-,90?,91?/m1/s1. The number of halogens is 3. The molecule has 40 heteroatoms. The van der Waals surface area contributed by atoms with E-state index in [1.807, 2.05) is 50.2 Å². The van der Waals surface area contributed by atoms with E-state index in [0.717, 1.165) is 77.4 Å². The highest BCUT2D eigenvalue weighted by atomic mass is 35.5. The second-order valence-electron chi connectivity index (χ2n) is 33.8. The number of nitrogens with one attached hydrogen (secondary N) is 7. The fraction of sp³-hybridized carbons (Fsp3) is 0.440. The predicted octanol–water partition coefficient (Wildman–Crippen LogP) is 3.65. The smallest absolute Gasteiger partial charge is 0.251 e. The van der Waals surface area contributed by atoms with Crippen molar-refractivity contribution < 1.29 is 143 Å². The van der Waals surface area contributed by atoms with Gasteiger partial charge in [0, 0.05) is 79.0 Å². The van der Waals surface area contributed by atoms with Gasteiger partial charge in [0.1, 0.15) is 102 Å². The van der Waals surface area contributed by atoms with Crippen LogP contribution in [-0.2, 0) is 63.9 Å². The zero-order valence-corrected chi connectivity index (χ0v) is 73.7. The van der Waals surface area contributed by atoms with Crippen LogP contribution >= 0.6 is 34.8 Å². The van der Waals surface area contributed by atoms with E-state index in [1.165, 1.54) is 18.2 Å². The van der Waals surface area contributed by atoms with Crippen molar-refractivity contribution in [3.05, 3.63) is 176 Å². The number of hydrogen-bond acceptors (Lipinski definition) is 30. The zero-order chi connectivity index (χ0) is 95.0. The van der Waals surface area contributed by atoms with Gasteiger partial charge < -0.3 is 143 Å². The number of nitrogens with two attached hydrogens (primary N) is 1. The van der Waals surface area contributed by atoms with Crippen LogP contribution in [0.5, 0.6) is 46.0 Å². The third-order valence-corrected chi connectivity index (χ3v) is 24.7. The van der Waals surface area contributed by atoms with Gasteiger partial charge in [0.05, 0.1) is 47.3 Å². The highest BCUT2D eigenvalue weighted by Crippen LogP contribution is 2.51. The van der Waals surface area contributed by atoms with Crippen LogP contribution < -0.4 is 57.2 Å². The van der Waals surface area contributed by atoms with Gasteiger partial charge in [-0.25, -0.2) is 0 Å². The summed E-state index contributed by atoms with van der Waals surface area (Å²) in [4.78, 5) is 135. The number of ether oxygens (including phenoxy) is 6. The highest BCUT2D eigenvalue weighted by Gasteiger charge is 2.53. The van der Waals surface area contributed by atoms with E-state index >= 15 is 24.0 Å². The lowest BCUT2D eigenvalue weighted by Gasteiger charge is -2.48. The molecule has 0 aromatic heterocycles. The van der Waals surface area contributed by atoms with Crippen LogP contribution in [0.3, 0.4) is 0 Å².